The number of rotatable bonds is 4. The van der Waals surface area contributed by atoms with Crippen molar-refractivity contribution >= 4 is 11.9 Å². The Kier molecular flexibility index (Phi) is 4.37. The number of hydrogen-bond donors (Lipinski definition) is 4. The van der Waals surface area contributed by atoms with Gasteiger partial charge >= 0.3 is 0 Å². The number of nitro groups is 1. The van der Waals surface area contributed by atoms with Gasteiger partial charge in [-0.15, -0.1) is 5.10 Å². The highest BCUT2D eigenvalue weighted by atomic mass is 19.1. The van der Waals surface area contributed by atoms with Gasteiger partial charge in [0.25, 0.3) is 11.9 Å². The van der Waals surface area contributed by atoms with Crippen LogP contribution in [0.5, 0.6) is 0 Å². The van der Waals surface area contributed by atoms with E-state index in [0.717, 1.165) is 12.1 Å². The Morgan fingerprint density at radius 1 is 1.32 bits per heavy atom. The molecule has 3 atom stereocenters. The normalized spacial score (nSPS) is 22.8. The summed E-state index contributed by atoms with van der Waals surface area (Å²) in [5.74, 6) is -2.93. The van der Waals surface area contributed by atoms with Crippen LogP contribution in [-0.2, 0) is 4.79 Å². The summed E-state index contributed by atoms with van der Waals surface area (Å²) in [7, 11) is 0. The Labute approximate surface area is 139 Å². The lowest BCUT2D eigenvalue weighted by Crippen LogP contribution is -2.47. The Balaban J connectivity index is 1.78. The summed E-state index contributed by atoms with van der Waals surface area (Å²) in [6, 6.07) is 0.387. The maximum absolute atomic E-state index is 13.7. The number of aromatic nitrogens is 3. The van der Waals surface area contributed by atoms with Crippen LogP contribution in [0.15, 0.2) is 18.2 Å². The largest absolute Gasteiger partial charge is 0.292 e. The Bertz CT molecular complexity index is 807. The predicted octanol–water partition coefficient (Wildman–Crippen LogP) is 0.199. The van der Waals surface area contributed by atoms with Crippen LogP contribution in [0.25, 0.3) is 11.4 Å². The third-order valence-corrected chi connectivity index (χ3v) is 3.77. The number of carbonyl (C=O) groups is 1. The molecule has 2 aromatic rings. The Hall–Kier alpha value is -2.99. The number of halogens is 2. The van der Waals surface area contributed by atoms with Crippen LogP contribution in [0.3, 0.4) is 0 Å². The minimum atomic E-state index is -1.19. The highest BCUT2D eigenvalue weighted by Gasteiger charge is 2.46. The highest BCUT2D eigenvalue weighted by molar-refractivity contribution is 5.94. The van der Waals surface area contributed by atoms with E-state index in [1.165, 1.54) is 6.07 Å². The van der Waals surface area contributed by atoms with Gasteiger partial charge in [-0.2, -0.15) is 4.98 Å². The third-order valence-electron chi connectivity index (χ3n) is 3.77. The second-order valence-electron chi connectivity index (χ2n) is 5.42. The van der Waals surface area contributed by atoms with Crippen molar-refractivity contribution in [3.05, 3.63) is 39.9 Å². The molecule has 1 aliphatic rings. The van der Waals surface area contributed by atoms with Crippen molar-refractivity contribution in [2.24, 2.45) is 0 Å². The standard InChI is InChI=1S/C13H13F2N7O3/c1-5-10(22(24)25)9(19-18-5)12(23)17-13-16-11(20-21-13)8-6(14)3-2-4-7(8)15/h2-5,9-10,18-19H,1H3,(H2,16,17,20,21,23). The molecule has 0 saturated carbocycles. The van der Waals surface area contributed by atoms with Crippen molar-refractivity contribution in [3.63, 3.8) is 0 Å². The van der Waals surface area contributed by atoms with Gasteiger partial charge in [0.15, 0.2) is 11.9 Å². The highest BCUT2D eigenvalue weighted by Crippen LogP contribution is 2.23. The molecule has 10 nitrogen and oxygen atoms in total. The van der Waals surface area contributed by atoms with E-state index >= 15 is 0 Å². The molecule has 25 heavy (non-hydrogen) atoms. The molecule has 1 aromatic heterocycles. The Morgan fingerprint density at radius 2 is 2.00 bits per heavy atom. The maximum atomic E-state index is 13.7. The van der Waals surface area contributed by atoms with E-state index in [0.29, 0.717) is 0 Å². The number of hydrazine groups is 1. The van der Waals surface area contributed by atoms with Gasteiger partial charge in [0.05, 0.1) is 11.6 Å². The fourth-order valence-electron chi connectivity index (χ4n) is 2.55. The molecule has 4 N–H and O–H groups in total. The minimum Gasteiger partial charge on any atom is -0.292 e. The molecule has 12 heteroatoms. The average Bonchev–Trinajstić information content (AvgIpc) is 3.14. The van der Waals surface area contributed by atoms with Crippen LogP contribution in [0.1, 0.15) is 6.92 Å². The van der Waals surface area contributed by atoms with Gasteiger partial charge in [-0.1, -0.05) is 6.07 Å². The zero-order chi connectivity index (χ0) is 18.1. The number of H-pyrrole nitrogens is 1. The van der Waals surface area contributed by atoms with Crippen molar-refractivity contribution in [1.82, 2.24) is 26.0 Å². The number of nitrogens with zero attached hydrogens (tertiary/aromatic N) is 3. The molecule has 0 spiro atoms. The number of carbonyl (C=O) groups excluding carboxylic acids is 1. The van der Waals surface area contributed by atoms with E-state index in [-0.39, 0.29) is 11.8 Å². The third kappa shape index (κ3) is 3.16. The van der Waals surface area contributed by atoms with Crippen LogP contribution in [0, 0.1) is 21.7 Å². The van der Waals surface area contributed by atoms with Gasteiger partial charge in [0.1, 0.15) is 11.6 Å². The van der Waals surface area contributed by atoms with Crippen molar-refractivity contribution in [1.29, 1.82) is 0 Å². The van der Waals surface area contributed by atoms with Crippen LogP contribution in [0.4, 0.5) is 14.7 Å². The van der Waals surface area contributed by atoms with Crippen LogP contribution >= 0.6 is 0 Å². The van der Waals surface area contributed by atoms with Crippen LogP contribution in [-0.4, -0.2) is 44.1 Å². The van der Waals surface area contributed by atoms with Gasteiger partial charge in [0.2, 0.25) is 5.95 Å². The number of hydrogen-bond acceptors (Lipinski definition) is 7. The maximum Gasteiger partial charge on any atom is 0.254 e. The summed E-state index contributed by atoms with van der Waals surface area (Å²) in [4.78, 5) is 26.5. The van der Waals surface area contributed by atoms with E-state index in [1.54, 1.807) is 6.92 Å². The zero-order valence-corrected chi connectivity index (χ0v) is 12.8. The monoisotopic (exact) mass is 353 g/mol. The summed E-state index contributed by atoms with van der Waals surface area (Å²) in [6.07, 6.45) is 0. The lowest BCUT2D eigenvalue weighted by molar-refractivity contribution is -0.522. The molecule has 1 aromatic carbocycles. The molecule has 132 valence electrons. The van der Waals surface area contributed by atoms with Gasteiger partial charge in [0, 0.05) is 4.92 Å². The number of anilines is 1. The van der Waals surface area contributed by atoms with Crippen molar-refractivity contribution < 1.29 is 18.5 Å². The second kappa shape index (κ2) is 6.49. The fraction of sp³-hybridized carbons (Fsp3) is 0.308. The molecule has 2 heterocycles. The fourth-order valence-corrected chi connectivity index (χ4v) is 2.55. The van der Waals surface area contributed by atoms with Gasteiger partial charge in [-0.25, -0.2) is 19.6 Å². The predicted molar refractivity (Wildman–Crippen MR) is 80.7 cm³/mol. The lowest BCUT2D eigenvalue weighted by Gasteiger charge is -2.12. The molecule has 0 aliphatic carbocycles. The first kappa shape index (κ1) is 16.9. The van der Waals surface area contributed by atoms with E-state index in [4.69, 9.17) is 0 Å². The molecule has 1 fully saturated rings. The van der Waals surface area contributed by atoms with Gasteiger partial charge < -0.3 is 0 Å². The number of benzene rings is 1. The number of amides is 1. The topological polar surface area (TPSA) is 138 Å². The summed E-state index contributed by atoms with van der Waals surface area (Å²) in [5.41, 5.74) is 4.72. The molecule has 1 aliphatic heterocycles. The zero-order valence-electron chi connectivity index (χ0n) is 12.8. The minimum absolute atomic E-state index is 0.220. The summed E-state index contributed by atoms with van der Waals surface area (Å²) in [5, 5.41) is 19.3. The molecule has 0 radical (unpaired) electrons. The molecular weight excluding hydrogens is 340 g/mol. The quantitative estimate of drug-likeness (QED) is 0.455. The average molecular weight is 353 g/mol. The van der Waals surface area contributed by atoms with E-state index in [9.17, 15) is 23.7 Å². The first-order valence-electron chi connectivity index (χ1n) is 7.20. The van der Waals surface area contributed by atoms with E-state index < -0.39 is 46.2 Å². The molecule has 0 bridgehead atoms. The van der Waals surface area contributed by atoms with Crippen molar-refractivity contribution in [3.8, 4) is 11.4 Å². The first-order valence-corrected chi connectivity index (χ1v) is 7.20. The van der Waals surface area contributed by atoms with E-state index in [1.807, 2.05) is 0 Å². The summed E-state index contributed by atoms with van der Waals surface area (Å²) in [6.45, 7) is 1.56. The molecule has 3 unspecified atom stereocenters. The smallest absolute Gasteiger partial charge is 0.254 e. The molecule has 1 amide bonds. The van der Waals surface area contributed by atoms with Gasteiger partial charge in [-0.3, -0.25) is 25.3 Å². The SMILES string of the molecule is CC1NNC(C(=O)Nc2n[nH]c(-c3c(F)cccc3F)n2)C1[N+](=O)[O-]. The molecule has 1 saturated heterocycles. The molecular formula is C13H13F2N7O3. The summed E-state index contributed by atoms with van der Waals surface area (Å²) < 4.78 is 27.5. The number of aromatic amines is 1. The number of nitrogens with one attached hydrogen (secondary N) is 4. The van der Waals surface area contributed by atoms with Crippen LogP contribution in [0.2, 0.25) is 0 Å². The van der Waals surface area contributed by atoms with Crippen molar-refractivity contribution in [2.75, 3.05) is 5.32 Å². The van der Waals surface area contributed by atoms with Crippen molar-refractivity contribution in [2.45, 2.75) is 25.0 Å². The first-order chi connectivity index (χ1) is 11.9. The van der Waals surface area contributed by atoms with E-state index in [2.05, 4.69) is 31.3 Å². The lowest BCUT2D eigenvalue weighted by atomic mass is 10.1. The molecule has 3 rings (SSSR count). The Morgan fingerprint density at radius 3 is 2.64 bits per heavy atom. The summed E-state index contributed by atoms with van der Waals surface area (Å²) >= 11 is 0. The van der Waals surface area contributed by atoms with Crippen LogP contribution < -0.4 is 16.2 Å². The van der Waals surface area contributed by atoms with Gasteiger partial charge in [-0.05, 0) is 19.1 Å². The second-order valence-corrected chi connectivity index (χ2v) is 5.42.